The molecule has 1 unspecified atom stereocenters. The van der Waals surface area contributed by atoms with Crippen molar-refractivity contribution in [1.29, 1.82) is 0 Å². The van der Waals surface area contributed by atoms with E-state index < -0.39 is 17.4 Å². The number of carbonyl (C=O) groups excluding carboxylic acids is 1. The van der Waals surface area contributed by atoms with Gasteiger partial charge in [-0.05, 0) is 31.1 Å². The summed E-state index contributed by atoms with van der Waals surface area (Å²) in [5.74, 6) is -1.37. The van der Waals surface area contributed by atoms with Crippen molar-refractivity contribution in [3.05, 3.63) is 0 Å². The van der Waals surface area contributed by atoms with Crippen molar-refractivity contribution in [2.24, 2.45) is 17.3 Å². The van der Waals surface area contributed by atoms with Gasteiger partial charge in [-0.25, -0.2) is 0 Å². The molecular formula is C15H26O4. The van der Waals surface area contributed by atoms with Gasteiger partial charge in [0.15, 0.2) is 5.41 Å². The minimum absolute atomic E-state index is 0.0713. The van der Waals surface area contributed by atoms with Crippen LogP contribution in [0.15, 0.2) is 0 Å². The molecule has 1 fully saturated rings. The number of carboxylic acid groups (broad SMARTS) is 1. The summed E-state index contributed by atoms with van der Waals surface area (Å²) in [4.78, 5) is 24.1. The highest BCUT2D eigenvalue weighted by molar-refractivity contribution is 5.99. The number of esters is 1. The quantitative estimate of drug-likeness (QED) is 0.569. The molecule has 1 aliphatic carbocycles. The maximum Gasteiger partial charge on any atom is 0.323 e. The van der Waals surface area contributed by atoms with E-state index in [-0.39, 0.29) is 11.8 Å². The maximum atomic E-state index is 12.2. The van der Waals surface area contributed by atoms with E-state index in [1.54, 1.807) is 0 Å². The molecule has 1 atom stereocenters. The van der Waals surface area contributed by atoms with Crippen LogP contribution in [-0.2, 0) is 14.3 Å². The minimum Gasteiger partial charge on any atom is -0.480 e. The summed E-state index contributed by atoms with van der Waals surface area (Å²) < 4.78 is 4.86. The third-order valence-electron chi connectivity index (χ3n) is 4.75. The summed E-state index contributed by atoms with van der Waals surface area (Å²) >= 11 is 0. The molecule has 0 bridgehead atoms. The largest absolute Gasteiger partial charge is 0.480 e. The summed E-state index contributed by atoms with van der Waals surface area (Å²) in [5, 5.41) is 9.72. The Kier molecular flexibility index (Phi) is 5.83. The number of rotatable bonds is 7. The molecule has 1 saturated carbocycles. The molecule has 0 heterocycles. The lowest BCUT2D eigenvalue weighted by molar-refractivity contribution is -0.173. The van der Waals surface area contributed by atoms with Crippen molar-refractivity contribution < 1.29 is 19.4 Å². The first kappa shape index (κ1) is 16.0. The van der Waals surface area contributed by atoms with E-state index in [9.17, 15) is 14.7 Å². The topological polar surface area (TPSA) is 63.6 Å². The van der Waals surface area contributed by atoms with E-state index in [4.69, 9.17) is 4.74 Å². The highest BCUT2D eigenvalue weighted by atomic mass is 16.5. The Balaban J connectivity index is 3.10. The van der Waals surface area contributed by atoms with Gasteiger partial charge in [-0.3, -0.25) is 9.59 Å². The van der Waals surface area contributed by atoms with Gasteiger partial charge in [-0.1, -0.05) is 39.5 Å². The van der Waals surface area contributed by atoms with Crippen LogP contribution in [-0.4, -0.2) is 24.2 Å². The number of methoxy groups -OCH3 is 1. The second kappa shape index (κ2) is 6.92. The Morgan fingerprint density at radius 2 is 1.79 bits per heavy atom. The van der Waals surface area contributed by atoms with E-state index in [1.165, 1.54) is 7.11 Å². The summed E-state index contributed by atoms with van der Waals surface area (Å²) in [7, 11) is 1.29. The molecule has 4 heteroatoms. The highest BCUT2D eigenvalue weighted by Crippen LogP contribution is 2.46. The molecule has 0 amide bonds. The van der Waals surface area contributed by atoms with E-state index in [2.05, 4.69) is 0 Å². The maximum absolute atomic E-state index is 12.2. The third kappa shape index (κ3) is 3.10. The summed E-state index contributed by atoms with van der Waals surface area (Å²) in [5.41, 5.74) is -1.33. The first-order valence-corrected chi connectivity index (χ1v) is 7.34. The zero-order chi connectivity index (χ0) is 14.5. The second-order valence-corrected chi connectivity index (χ2v) is 5.64. The molecule has 1 aliphatic rings. The number of hydrogen-bond acceptors (Lipinski definition) is 3. The van der Waals surface area contributed by atoms with Crippen LogP contribution < -0.4 is 0 Å². The van der Waals surface area contributed by atoms with E-state index >= 15 is 0 Å². The van der Waals surface area contributed by atoms with Crippen LogP contribution in [0, 0.1) is 17.3 Å². The summed E-state index contributed by atoms with van der Waals surface area (Å²) in [6.07, 6.45) is 5.87. The molecule has 0 spiro atoms. The predicted molar refractivity (Wildman–Crippen MR) is 72.7 cm³/mol. The van der Waals surface area contributed by atoms with Crippen molar-refractivity contribution in [3.8, 4) is 0 Å². The van der Waals surface area contributed by atoms with Crippen LogP contribution in [0.3, 0.4) is 0 Å². The van der Waals surface area contributed by atoms with Crippen LogP contribution in [0.25, 0.3) is 0 Å². The van der Waals surface area contributed by atoms with E-state index in [0.29, 0.717) is 6.42 Å². The Morgan fingerprint density at radius 3 is 2.16 bits per heavy atom. The Labute approximate surface area is 115 Å². The lowest BCUT2D eigenvalue weighted by atomic mass is 9.68. The van der Waals surface area contributed by atoms with Crippen molar-refractivity contribution in [1.82, 2.24) is 0 Å². The molecule has 0 aromatic heterocycles. The second-order valence-electron chi connectivity index (χ2n) is 5.64. The van der Waals surface area contributed by atoms with Gasteiger partial charge < -0.3 is 9.84 Å². The minimum atomic E-state index is -1.33. The fourth-order valence-electron chi connectivity index (χ4n) is 3.40. The van der Waals surface area contributed by atoms with Gasteiger partial charge in [0, 0.05) is 0 Å². The molecule has 19 heavy (non-hydrogen) atoms. The molecule has 0 aromatic rings. The highest BCUT2D eigenvalue weighted by Gasteiger charge is 2.54. The molecule has 0 radical (unpaired) electrons. The Hall–Kier alpha value is -1.06. The number of ether oxygens (including phenoxy) is 1. The molecule has 0 aromatic carbocycles. The zero-order valence-electron chi connectivity index (χ0n) is 12.3. The Morgan fingerprint density at radius 1 is 1.26 bits per heavy atom. The fourth-order valence-corrected chi connectivity index (χ4v) is 3.40. The predicted octanol–water partition coefficient (Wildman–Crippen LogP) is 3.25. The van der Waals surface area contributed by atoms with Gasteiger partial charge in [0.05, 0.1) is 7.11 Å². The first-order valence-electron chi connectivity index (χ1n) is 7.34. The number of carboxylic acids is 1. The van der Waals surface area contributed by atoms with Crippen LogP contribution in [0.5, 0.6) is 0 Å². The van der Waals surface area contributed by atoms with Crippen LogP contribution >= 0.6 is 0 Å². The van der Waals surface area contributed by atoms with Gasteiger partial charge >= 0.3 is 11.9 Å². The number of carbonyl (C=O) groups is 2. The van der Waals surface area contributed by atoms with Gasteiger partial charge in [-0.15, -0.1) is 0 Å². The third-order valence-corrected chi connectivity index (χ3v) is 4.75. The molecule has 0 aliphatic heterocycles. The average Bonchev–Trinajstić information content (AvgIpc) is 2.93. The van der Waals surface area contributed by atoms with E-state index in [0.717, 1.165) is 38.5 Å². The SMILES string of the molecule is CCC(CC)CC(C(=O)O)(C(=O)OC)C1CCCC1. The summed E-state index contributed by atoms with van der Waals surface area (Å²) in [6.45, 7) is 4.10. The monoisotopic (exact) mass is 270 g/mol. The lowest BCUT2D eigenvalue weighted by Gasteiger charge is -2.35. The van der Waals surface area contributed by atoms with Crippen molar-refractivity contribution in [2.75, 3.05) is 7.11 Å². The number of hydrogen-bond donors (Lipinski definition) is 1. The standard InChI is InChI=1S/C15H26O4/c1-4-11(5-2)10-15(13(16)17,14(18)19-3)12-8-6-7-9-12/h11-12H,4-10H2,1-3H3,(H,16,17). The molecular weight excluding hydrogens is 244 g/mol. The molecule has 1 N–H and O–H groups in total. The Bertz CT molecular complexity index is 316. The van der Waals surface area contributed by atoms with Crippen molar-refractivity contribution >= 4 is 11.9 Å². The zero-order valence-corrected chi connectivity index (χ0v) is 12.3. The van der Waals surface area contributed by atoms with Crippen LogP contribution in [0.4, 0.5) is 0 Å². The van der Waals surface area contributed by atoms with Gasteiger partial charge in [0.25, 0.3) is 0 Å². The van der Waals surface area contributed by atoms with Crippen LogP contribution in [0.2, 0.25) is 0 Å². The summed E-state index contributed by atoms with van der Waals surface area (Å²) in [6, 6.07) is 0. The van der Waals surface area contributed by atoms with Gasteiger partial charge in [0.1, 0.15) is 0 Å². The fraction of sp³-hybridized carbons (Fsp3) is 0.867. The molecule has 4 nitrogen and oxygen atoms in total. The van der Waals surface area contributed by atoms with Gasteiger partial charge in [-0.2, -0.15) is 0 Å². The molecule has 0 saturated heterocycles. The lowest BCUT2D eigenvalue weighted by Crippen LogP contribution is -2.47. The average molecular weight is 270 g/mol. The first-order chi connectivity index (χ1) is 9.02. The number of aliphatic carboxylic acids is 1. The van der Waals surface area contributed by atoms with Crippen molar-refractivity contribution in [2.45, 2.75) is 58.8 Å². The van der Waals surface area contributed by atoms with Crippen molar-refractivity contribution in [3.63, 3.8) is 0 Å². The smallest absolute Gasteiger partial charge is 0.323 e. The van der Waals surface area contributed by atoms with E-state index in [1.807, 2.05) is 13.8 Å². The normalized spacial score (nSPS) is 19.4. The molecule has 1 rings (SSSR count). The molecule has 110 valence electrons. The van der Waals surface area contributed by atoms with Crippen LogP contribution in [0.1, 0.15) is 58.8 Å². The van der Waals surface area contributed by atoms with Gasteiger partial charge in [0.2, 0.25) is 0 Å².